The Hall–Kier alpha value is -1.26. The SMILES string of the molecule is [NH]CC(N)CCCc1cccc2c1OCO2. The van der Waals surface area contributed by atoms with Crippen LogP contribution in [0, 0.1) is 0 Å². The Labute approximate surface area is 95.5 Å². The standard InChI is InChI=1S/C12H17N2O2/c13-7-10(14)5-1-3-9-4-2-6-11-12(9)16-8-15-11/h2,4,6,10,13H,1,3,5,7-8,14H2. The molecular weight excluding hydrogens is 204 g/mol. The third kappa shape index (κ3) is 2.46. The minimum absolute atomic E-state index is 0.00562. The second-order valence-electron chi connectivity index (χ2n) is 4.01. The molecular formula is C12H17N2O2. The molecule has 1 aliphatic heterocycles. The first-order valence-electron chi connectivity index (χ1n) is 5.59. The quantitative estimate of drug-likeness (QED) is 0.816. The molecule has 1 atom stereocenters. The fourth-order valence-electron chi connectivity index (χ4n) is 1.84. The Kier molecular flexibility index (Phi) is 3.64. The molecule has 2 rings (SSSR count). The number of para-hydroxylation sites is 1. The van der Waals surface area contributed by atoms with Gasteiger partial charge in [0.25, 0.3) is 0 Å². The summed E-state index contributed by atoms with van der Waals surface area (Å²) in [6, 6.07) is 5.95. The molecule has 4 heteroatoms. The predicted octanol–water partition coefficient (Wildman–Crippen LogP) is 1.35. The summed E-state index contributed by atoms with van der Waals surface area (Å²) in [6.45, 7) is 0.616. The molecule has 87 valence electrons. The Balaban J connectivity index is 1.92. The van der Waals surface area contributed by atoms with Crippen molar-refractivity contribution in [3.05, 3.63) is 23.8 Å². The van der Waals surface area contributed by atoms with Crippen LogP contribution in [0.2, 0.25) is 0 Å². The van der Waals surface area contributed by atoms with Gasteiger partial charge < -0.3 is 15.2 Å². The summed E-state index contributed by atoms with van der Waals surface area (Å²) in [5.74, 6) is 1.71. The van der Waals surface area contributed by atoms with Crippen molar-refractivity contribution in [1.82, 2.24) is 5.73 Å². The van der Waals surface area contributed by atoms with Crippen molar-refractivity contribution in [2.75, 3.05) is 13.3 Å². The molecule has 16 heavy (non-hydrogen) atoms. The number of aryl methyl sites for hydroxylation is 1. The lowest BCUT2D eigenvalue weighted by Gasteiger charge is -2.08. The van der Waals surface area contributed by atoms with E-state index in [0.717, 1.165) is 30.8 Å². The summed E-state index contributed by atoms with van der Waals surface area (Å²) in [6.07, 6.45) is 2.80. The van der Waals surface area contributed by atoms with Crippen LogP contribution < -0.4 is 20.9 Å². The molecule has 0 saturated heterocycles. The topological polar surface area (TPSA) is 68.3 Å². The first-order valence-corrected chi connectivity index (χ1v) is 5.59. The molecule has 1 radical (unpaired) electrons. The van der Waals surface area contributed by atoms with E-state index in [1.807, 2.05) is 12.1 Å². The zero-order valence-electron chi connectivity index (χ0n) is 9.24. The summed E-state index contributed by atoms with van der Waals surface area (Å²) < 4.78 is 10.7. The number of fused-ring (bicyclic) bond motifs is 1. The Bertz CT molecular complexity index is 355. The average Bonchev–Trinajstić information content (AvgIpc) is 2.77. The van der Waals surface area contributed by atoms with Gasteiger partial charge in [0.1, 0.15) is 0 Å². The van der Waals surface area contributed by atoms with E-state index >= 15 is 0 Å². The van der Waals surface area contributed by atoms with E-state index in [1.165, 1.54) is 5.56 Å². The maximum absolute atomic E-state index is 7.14. The summed E-state index contributed by atoms with van der Waals surface area (Å²) in [7, 11) is 0. The number of nitrogens with two attached hydrogens (primary N) is 1. The summed E-state index contributed by atoms with van der Waals surface area (Å²) in [5.41, 5.74) is 14.0. The lowest BCUT2D eigenvalue weighted by atomic mass is 10.0. The minimum Gasteiger partial charge on any atom is -0.454 e. The molecule has 0 aliphatic carbocycles. The van der Waals surface area contributed by atoms with Crippen molar-refractivity contribution in [3.63, 3.8) is 0 Å². The molecule has 0 saturated carbocycles. The van der Waals surface area contributed by atoms with Gasteiger partial charge in [-0.25, -0.2) is 0 Å². The molecule has 0 fully saturated rings. The van der Waals surface area contributed by atoms with Gasteiger partial charge in [-0.1, -0.05) is 12.1 Å². The van der Waals surface area contributed by atoms with E-state index in [-0.39, 0.29) is 6.04 Å². The average molecular weight is 221 g/mol. The molecule has 1 aromatic rings. The van der Waals surface area contributed by atoms with Crippen molar-refractivity contribution in [2.45, 2.75) is 25.3 Å². The third-order valence-corrected chi connectivity index (χ3v) is 2.76. The van der Waals surface area contributed by atoms with Gasteiger partial charge in [0.15, 0.2) is 11.5 Å². The molecule has 1 unspecified atom stereocenters. The molecule has 1 aliphatic rings. The molecule has 3 N–H and O–H groups in total. The van der Waals surface area contributed by atoms with Crippen LogP contribution in [-0.2, 0) is 6.42 Å². The van der Waals surface area contributed by atoms with E-state index in [9.17, 15) is 0 Å². The van der Waals surface area contributed by atoms with E-state index < -0.39 is 0 Å². The highest BCUT2D eigenvalue weighted by molar-refractivity contribution is 5.48. The highest BCUT2D eigenvalue weighted by atomic mass is 16.7. The van der Waals surface area contributed by atoms with Crippen LogP contribution in [0.15, 0.2) is 18.2 Å². The molecule has 0 aromatic heterocycles. The Morgan fingerprint density at radius 3 is 3.06 bits per heavy atom. The summed E-state index contributed by atoms with van der Waals surface area (Å²) in [4.78, 5) is 0. The smallest absolute Gasteiger partial charge is 0.231 e. The van der Waals surface area contributed by atoms with Crippen molar-refractivity contribution < 1.29 is 9.47 Å². The molecule has 0 spiro atoms. The van der Waals surface area contributed by atoms with Crippen LogP contribution >= 0.6 is 0 Å². The monoisotopic (exact) mass is 221 g/mol. The lowest BCUT2D eigenvalue weighted by Crippen LogP contribution is -2.25. The Morgan fingerprint density at radius 2 is 2.25 bits per heavy atom. The second kappa shape index (κ2) is 5.18. The summed E-state index contributed by atoms with van der Waals surface area (Å²) >= 11 is 0. The summed E-state index contributed by atoms with van der Waals surface area (Å²) in [5, 5.41) is 0. The van der Waals surface area contributed by atoms with Crippen molar-refractivity contribution in [3.8, 4) is 11.5 Å². The van der Waals surface area contributed by atoms with Crippen LogP contribution in [0.3, 0.4) is 0 Å². The molecule has 1 heterocycles. The zero-order valence-corrected chi connectivity index (χ0v) is 9.24. The third-order valence-electron chi connectivity index (χ3n) is 2.76. The largest absolute Gasteiger partial charge is 0.454 e. The number of ether oxygens (including phenoxy) is 2. The predicted molar refractivity (Wildman–Crippen MR) is 61.4 cm³/mol. The number of nitrogens with one attached hydrogen (secondary N) is 1. The van der Waals surface area contributed by atoms with Crippen molar-refractivity contribution in [2.24, 2.45) is 5.73 Å². The fourth-order valence-corrected chi connectivity index (χ4v) is 1.84. The maximum atomic E-state index is 7.14. The van der Waals surface area contributed by atoms with Gasteiger partial charge in [-0.05, 0) is 30.9 Å². The zero-order chi connectivity index (χ0) is 11.4. The number of hydrogen-bond donors (Lipinski definition) is 1. The molecule has 4 nitrogen and oxygen atoms in total. The Morgan fingerprint density at radius 1 is 1.38 bits per heavy atom. The molecule has 0 bridgehead atoms. The van der Waals surface area contributed by atoms with Crippen LogP contribution in [0.4, 0.5) is 0 Å². The number of benzene rings is 1. The van der Waals surface area contributed by atoms with Gasteiger partial charge in [-0.3, -0.25) is 5.73 Å². The van der Waals surface area contributed by atoms with Crippen LogP contribution in [-0.4, -0.2) is 19.4 Å². The second-order valence-corrected chi connectivity index (χ2v) is 4.01. The van der Waals surface area contributed by atoms with Crippen LogP contribution in [0.1, 0.15) is 18.4 Å². The fraction of sp³-hybridized carbons (Fsp3) is 0.500. The van der Waals surface area contributed by atoms with E-state index in [4.69, 9.17) is 20.9 Å². The van der Waals surface area contributed by atoms with Gasteiger partial charge in [-0.15, -0.1) is 0 Å². The number of hydrogen-bond acceptors (Lipinski definition) is 3. The molecule has 0 amide bonds. The van der Waals surface area contributed by atoms with Crippen LogP contribution in [0.25, 0.3) is 0 Å². The minimum atomic E-state index is -0.00562. The first-order chi connectivity index (χ1) is 7.81. The van der Waals surface area contributed by atoms with E-state index in [2.05, 4.69) is 6.07 Å². The van der Waals surface area contributed by atoms with E-state index in [1.54, 1.807) is 0 Å². The van der Waals surface area contributed by atoms with Gasteiger partial charge in [0.2, 0.25) is 6.79 Å². The highest BCUT2D eigenvalue weighted by Crippen LogP contribution is 2.35. The van der Waals surface area contributed by atoms with Gasteiger partial charge in [-0.2, -0.15) is 0 Å². The van der Waals surface area contributed by atoms with Crippen LogP contribution in [0.5, 0.6) is 11.5 Å². The lowest BCUT2D eigenvalue weighted by molar-refractivity contribution is 0.173. The first kappa shape index (κ1) is 11.2. The number of rotatable bonds is 5. The highest BCUT2D eigenvalue weighted by Gasteiger charge is 2.16. The maximum Gasteiger partial charge on any atom is 0.231 e. The molecule has 1 aromatic carbocycles. The van der Waals surface area contributed by atoms with Gasteiger partial charge in [0.05, 0.1) is 0 Å². The normalized spacial score (nSPS) is 15.1. The van der Waals surface area contributed by atoms with Crippen molar-refractivity contribution in [1.29, 1.82) is 0 Å². The van der Waals surface area contributed by atoms with Gasteiger partial charge >= 0.3 is 0 Å². The van der Waals surface area contributed by atoms with Gasteiger partial charge in [0, 0.05) is 12.6 Å². The van der Waals surface area contributed by atoms with E-state index in [0.29, 0.717) is 13.3 Å². The van der Waals surface area contributed by atoms with Crippen molar-refractivity contribution >= 4 is 0 Å².